The molecule has 6 N–H and O–H groups in total. The minimum absolute atomic E-state index is 0. The van der Waals surface area contributed by atoms with Crippen molar-refractivity contribution < 1.29 is 41.3 Å². The molecule has 6 aromatic heterocycles. The van der Waals surface area contributed by atoms with E-state index in [1.165, 1.54) is 0 Å². The van der Waals surface area contributed by atoms with Gasteiger partial charge in [0.1, 0.15) is 0 Å². The SMILES string of the molecule is [Cl-].[Cl-].[Ni+2].c1c[nH]cn1.c1c[nH]cn1.c1c[nH]cn1.c1c[nH]cn1.c1c[nH]cn1.c1c[nH]cn1. The first-order valence-corrected chi connectivity index (χ1v) is 8.56. The average molecular weight is 538 g/mol. The van der Waals surface area contributed by atoms with Crippen molar-refractivity contribution in [3.05, 3.63) is 112 Å². The van der Waals surface area contributed by atoms with Gasteiger partial charge in [0.15, 0.2) is 0 Å². The van der Waals surface area contributed by atoms with E-state index in [1.54, 1.807) is 112 Å². The van der Waals surface area contributed by atoms with Gasteiger partial charge < -0.3 is 54.7 Å². The summed E-state index contributed by atoms with van der Waals surface area (Å²) in [4.78, 5) is 38.5. The van der Waals surface area contributed by atoms with E-state index in [9.17, 15) is 0 Å². The van der Waals surface area contributed by atoms with Gasteiger partial charge in [0.25, 0.3) is 0 Å². The van der Waals surface area contributed by atoms with Crippen LogP contribution in [0.5, 0.6) is 0 Å². The molecule has 0 aliphatic heterocycles. The molecule has 6 aromatic rings. The van der Waals surface area contributed by atoms with Crippen molar-refractivity contribution in [3.8, 4) is 0 Å². The van der Waals surface area contributed by atoms with E-state index in [1.807, 2.05) is 0 Å². The fourth-order valence-corrected chi connectivity index (χ4v) is 1.29. The van der Waals surface area contributed by atoms with Crippen LogP contribution >= 0.6 is 0 Å². The van der Waals surface area contributed by atoms with E-state index < -0.39 is 0 Å². The van der Waals surface area contributed by atoms with Gasteiger partial charge >= 0.3 is 16.5 Å². The second kappa shape index (κ2) is 30.5. The average Bonchev–Trinajstić information content (AvgIpc) is 3.69. The molecule has 0 unspecified atom stereocenters. The summed E-state index contributed by atoms with van der Waals surface area (Å²) in [6, 6.07) is 0. The summed E-state index contributed by atoms with van der Waals surface area (Å²) in [5.41, 5.74) is 0. The molecule has 0 aliphatic carbocycles. The summed E-state index contributed by atoms with van der Waals surface area (Å²) in [6.07, 6.45) is 30.5. The molecule has 12 nitrogen and oxygen atoms in total. The van der Waals surface area contributed by atoms with Crippen LogP contribution in [0.1, 0.15) is 0 Å². The monoisotopic (exact) mass is 536 g/mol. The molecule has 0 atom stereocenters. The molecule has 6 heterocycles. The largest absolute Gasteiger partial charge is 2.00 e. The van der Waals surface area contributed by atoms with Crippen molar-refractivity contribution in [1.29, 1.82) is 0 Å². The Morgan fingerprint density at radius 3 is 0.485 bits per heavy atom. The van der Waals surface area contributed by atoms with E-state index in [0.717, 1.165) is 0 Å². The minimum atomic E-state index is 0. The third-order valence-electron chi connectivity index (χ3n) is 2.44. The fourth-order valence-electron chi connectivity index (χ4n) is 1.29. The summed E-state index contributed by atoms with van der Waals surface area (Å²) >= 11 is 0. The van der Waals surface area contributed by atoms with Crippen LogP contribution in [0.3, 0.4) is 0 Å². The molecule has 0 spiro atoms. The third kappa shape index (κ3) is 28.3. The second-order valence-electron chi connectivity index (χ2n) is 4.56. The molecule has 0 fully saturated rings. The van der Waals surface area contributed by atoms with Gasteiger partial charge in [-0.25, -0.2) is 29.9 Å². The molecular weight excluding hydrogens is 514 g/mol. The summed E-state index contributed by atoms with van der Waals surface area (Å²) in [6.45, 7) is 0. The van der Waals surface area contributed by atoms with Gasteiger partial charge in [0.2, 0.25) is 0 Å². The van der Waals surface area contributed by atoms with Crippen LogP contribution in [-0.4, -0.2) is 59.8 Å². The molecule has 33 heavy (non-hydrogen) atoms. The van der Waals surface area contributed by atoms with Crippen molar-refractivity contribution in [2.75, 3.05) is 0 Å². The zero-order valence-corrected chi connectivity index (χ0v) is 19.6. The van der Waals surface area contributed by atoms with E-state index >= 15 is 0 Å². The normalized spacial score (nSPS) is 7.27. The molecule has 0 aromatic carbocycles. The predicted octanol–water partition coefficient (Wildman–Crippen LogP) is -3.54. The van der Waals surface area contributed by atoms with Crippen molar-refractivity contribution in [1.82, 2.24) is 59.8 Å². The molecule has 0 radical (unpaired) electrons. The van der Waals surface area contributed by atoms with Gasteiger partial charge in [-0.1, -0.05) is 0 Å². The standard InChI is InChI=1S/6C3H4N2.2ClH.Ni/c6*1-2-5-3-4-1;;;/h6*1-3H,(H,4,5);2*1H;/q;;;;;;;;+2/p-2. The maximum Gasteiger partial charge on any atom is 2.00 e. The Morgan fingerprint density at radius 2 is 0.455 bits per heavy atom. The van der Waals surface area contributed by atoms with Crippen LogP contribution in [0, 0.1) is 0 Å². The van der Waals surface area contributed by atoms with Gasteiger partial charge in [-0.15, -0.1) is 0 Å². The third-order valence-corrected chi connectivity index (χ3v) is 2.44. The summed E-state index contributed by atoms with van der Waals surface area (Å²) in [7, 11) is 0. The molecule has 0 saturated carbocycles. The van der Waals surface area contributed by atoms with Crippen LogP contribution in [0.4, 0.5) is 0 Å². The Balaban J connectivity index is -0.000000321. The van der Waals surface area contributed by atoms with Crippen molar-refractivity contribution >= 4 is 0 Å². The van der Waals surface area contributed by atoms with Gasteiger partial charge in [-0.3, -0.25) is 0 Å². The van der Waals surface area contributed by atoms with Gasteiger partial charge in [0, 0.05) is 74.4 Å². The first-order chi connectivity index (χ1) is 15.0. The number of hydrogen-bond donors (Lipinski definition) is 6. The number of imidazole rings is 6. The zero-order chi connectivity index (χ0) is 21.2. The number of hydrogen-bond acceptors (Lipinski definition) is 6. The van der Waals surface area contributed by atoms with Crippen LogP contribution < -0.4 is 24.8 Å². The Hall–Kier alpha value is -3.67. The number of nitrogens with one attached hydrogen (secondary N) is 6. The summed E-state index contributed by atoms with van der Waals surface area (Å²) in [5.74, 6) is 0. The van der Waals surface area contributed by atoms with Gasteiger partial charge in [0.05, 0.1) is 38.0 Å². The molecule has 15 heteroatoms. The molecular formula is C18H24Cl2N12Ni. The molecule has 0 bridgehead atoms. The van der Waals surface area contributed by atoms with Crippen LogP contribution in [0.2, 0.25) is 0 Å². The predicted molar refractivity (Wildman–Crippen MR) is 112 cm³/mol. The minimum Gasteiger partial charge on any atom is -1.00 e. The molecule has 6 rings (SSSR count). The van der Waals surface area contributed by atoms with Crippen LogP contribution in [0.25, 0.3) is 0 Å². The number of rotatable bonds is 0. The maximum absolute atomic E-state index is 3.67. The second-order valence-corrected chi connectivity index (χ2v) is 4.56. The smallest absolute Gasteiger partial charge is 1.00 e. The van der Waals surface area contributed by atoms with E-state index in [4.69, 9.17) is 0 Å². The van der Waals surface area contributed by atoms with Gasteiger partial charge in [-0.2, -0.15) is 0 Å². The number of nitrogens with zero attached hydrogens (tertiary/aromatic N) is 6. The first-order valence-electron chi connectivity index (χ1n) is 8.56. The number of aromatic nitrogens is 12. The Morgan fingerprint density at radius 1 is 0.303 bits per heavy atom. The number of aromatic amines is 6. The first kappa shape index (κ1) is 34.0. The Bertz CT molecular complexity index is 589. The van der Waals surface area contributed by atoms with Crippen molar-refractivity contribution in [3.63, 3.8) is 0 Å². The summed E-state index contributed by atoms with van der Waals surface area (Å²) in [5, 5.41) is 0. The number of halogens is 2. The van der Waals surface area contributed by atoms with E-state index in [2.05, 4.69) is 59.8 Å². The van der Waals surface area contributed by atoms with Crippen LogP contribution in [0.15, 0.2) is 112 Å². The quantitative estimate of drug-likeness (QED) is 0.110. The van der Waals surface area contributed by atoms with E-state index in [-0.39, 0.29) is 41.3 Å². The molecule has 180 valence electrons. The fraction of sp³-hybridized carbons (Fsp3) is 0. The topological polar surface area (TPSA) is 172 Å². The van der Waals surface area contributed by atoms with Crippen molar-refractivity contribution in [2.45, 2.75) is 0 Å². The maximum atomic E-state index is 3.67. The van der Waals surface area contributed by atoms with Crippen LogP contribution in [-0.2, 0) is 16.5 Å². The number of H-pyrrole nitrogens is 6. The van der Waals surface area contributed by atoms with Crippen molar-refractivity contribution in [2.24, 2.45) is 0 Å². The zero-order valence-electron chi connectivity index (χ0n) is 17.1. The summed E-state index contributed by atoms with van der Waals surface area (Å²) < 4.78 is 0. The van der Waals surface area contributed by atoms with E-state index in [0.29, 0.717) is 0 Å². The molecule has 0 aliphatic rings. The Labute approximate surface area is 213 Å². The van der Waals surface area contributed by atoms with Gasteiger partial charge in [-0.05, 0) is 0 Å². The molecule has 0 saturated heterocycles. The molecule has 0 amide bonds. The Kier molecular flexibility index (Phi) is 31.4.